The predicted octanol–water partition coefficient (Wildman–Crippen LogP) is 2.61. The van der Waals surface area contributed by atoms with Gasteiger partial charge in [-0.25, -0.2) is 0 Å². The number of aromatic amines is 1. The standard InChI is InChI=1S/C16H21N3O/c1-2-3-4-13-5-7-14(8-6-13)9-16(20)17-10-15-11-18-19-12-15/h5-8,11-12H,2-4,9-10H2,1H3,(H,17,20)(H,18,19). The van der Waals surface area contributed by atoms with Crippen LogP contribution in [0.15, 0.2) is 36.7 Å². The molecule has 0 saturated carbocycles. The summed E-state index contributed by atoms with van der Waals surface area (Å²) in [5.74, 6) is 0.0347. The average molecular weight is 271 g/mol. The molecule has 0 aliphatic rings. The minimum absolute atomic E-state index is 0.0347. The van der Waals surface area contributed by atoms with E-state index in [-0.39, 0.29) is 5.91 Å². The molecule has 0 spiro atoms. The van der Waals surface area contributed by atoms with Crippen LogP contribution < -0.4 is 5.32 Å². The summed E-state index contributed by atoms with van der Waals surface area (Å²) >= 11 is 0. The Balaban J connectivity index is 1.78. The van der Waals surface area contributed by atoms with Crippen molar-refractivity contribution in [1.29, 1.82) is 0 Å². The van der Waals surface area contributed by atoms with Crippen LogP contribution in [0, 0.1) is 0 Å². The van der Waals surface area contributed by atoms with Crippen LogP contribution in [0.2, 0.25) is 0 Å². The Morgan fingerprint density at radius 1 is 1.20 bits per heavy atom. The Hall–Kier alpha value is -2.10. The number of nitrogens with zero attached hydrogens (tertiary/aromatic N) is 1. The molecule has 1 aromatic heterocycles. The molecule has 2 aromatic rings. The van der Waals surface area contributed by atoms with Crippen molar-refractivity contribution in [3.8, 4) is 0 Å². The third-order valence-corrected chi connectivity index (χ3v) is 3.25. The zero-order chi connectivity index (χ0) is 14.2. The third kappa shape index (κ3) is 4.53. The van der Waals surface area contributed by atoms with Gasteiger partial charge < -0.3 is 5.32 Å². The summed E-state index contributed by atoms with van der Waals surface area (Å²) in [4.78, 5) is 11.8. The van der Waals surface area contributed by atoms with Crippen LogP contribution in [0.5, 0.6) is 0 Å². The summed E-state index contributed by atoms with van der Waals surface area (Å²) in [6, 6.07) is 8.33. The monoisotopic (exact) mass is 271 g/mol. The molecule has 2 rings (SSSR count). The normalized spacial score (nSPS) is 10.4. The molecule has 0 saturated heterocycles. The van der Waals surface area contributed by atoms with Crippen molar-refractivity contribution in [2.45, 2.75) is 39.2 Å². The number of benzene rings is 1. The maximum Gasteiger partial charge on any atom is 0.224 e. The van der Waals surface area contributed by atoms with Crippen LogP contribution in [-0.4, -0.2) is 16.1 Å². The van der Waals surface area contributed by atoms with E-state index in [4.69, 9.17) is 0 Å². The van der Waals surface area contributed by atoms with E-state index in [2.05, 4.69) is 34.6 Å². The molecule has 4 heteroatoms. The van der Waals surface area contributed by atoms with Crippen molar-refractivity contribution in [3.63, 3.8) is 0 Å². The van der Waals surface area contributed by atoms with Gasteiger partial charge in [-0.2, -0.15) is 5.10 Å². The lowest BCUT2D eigenvalue weighted by atomic mass is 10.0. The van der Waals surface area contributed by atoms with Gasteiger partial charge in [0.1, 0.15) is 0 Å². The van der Waals surface area contributed by atoms with Gasteiger partial charge in [0.2, 0.25) is 5.91 Å². The summed E-state index contributed by atoms with van der Waals surface area (Å²) in [6.45, 7) is 2.71. The highest BCUT2D eigenvalue weighted by Gasteiger charge is 2.04. The fraction of sp³-hybridized carbons (Fsp3) is 0.375. The number of aromatic nitrogens is 2. The first-order valence-corrected chi connectivity index (χ1v) is 7.10. The molecule has 0 aliphatic carbocycles. The molecule has 4 nitrogen and oxygen atoms in total. The van der Waals surface area contributed by atoms with Gasteiger partial charge in [0, 0.05) is 18.3 Å². The fourth-order valence-electron chi connectivity index (χ4n) is 2.03. The van der Waals surface area contributed by atoms with Crippen LogP contribution in [0.3, 0.4) is 0 Å². The summed E-state index contributed by atoms with van der Waals surface area (Å²) in [7, 11) is 0. The number of hydrogen-bond donors (Lipinski definition) is 2. The molecule has 106 valence electrons. The molecule has 0 atom stereocenters. The molecular weight excluding hydrogens is 250 g/mol. The van der Waals surface area contributed by atoms with E-state index in [0.717, 1.165) is 17.5 Å². The van der Waals surface area contributed by atoms with Gasteiger partial charge in [-0.3, -0.25) is 9.89 Å². The van der Waals surface area contributed by atoms with Crippen molar-refractivity contribution >= 4 is 5.91 Å². The smallest absolute Gasteiger partial charge is 0.224 e. The van der Waals surface area contributed by atoms with Crippen LogP contribution >= 0.6 is 0 Å². The number of rotatable bonds is 7. The van der Waals surface area contributed by atoms with Crippen molar-refractivity contribution in [3.05, 3.63) is 53.3 Å². The van der Waals surface area contributed by atoms with E-state index in [9.17, 15) is 4.79 Å². The van der Waals surface area contributed by atoms with Gasteiger partial charge in [-0.05, 0) is 24.0 Å². The summed E-state index contributed by atoms with van der Waals surface area (Å²) < 4.78 is 0. The zero-order valence-electron chi connectivity index (χ0n) is 11.9. The summed E-state index contributed by atoms with van der Waals surface area (Å²) in [6.07, 6.45) is 7.45. The second-order valence-electron chi connectivity index (χ2n) is 4.98. The Morgan fingerprint density at radius 2 is 1.95 bits per heavy atom. The molecule has 0 fully saturated rings. The Kier molecular flexibility index (Phi) is 5.35. The van der Waals surface area contributed by atoms with E-state index in [0.29, 0.717) is 13.0 Å². The molecule has 1 aromatic carbocycles. The number of carbonyl (C=O) groups excluding carboxylic acids is 1. The fourth-order valence-corrected chi connectivity index (χ4v) is 2.03. The van der Waals surface area contributed by atoms with Crippen molar-refractivity contribution in [2.75, 3.05) is 0 Å². The van der Waals surface area contributed by atoms with Gasteiger partial charge in [0.05, 0.1) is 12.6 Å². The maximum absolute atomic E-state index is 11.8. The first-order chi connectivity index (χ1) is 9.78. The minimum atomic E-state index is 0.0347. The first-order valence-electron chi connectivity index (χ1n) is 7.10. The molecule has 0 unspecified atom stereocenters. The lowest BCUT2D eigenvalue weighted by Gasteiger charge is -2.05. The Labute approximate surface area is 119 Å². The molecule has 0 aliphatic heterocycles. The Bertz CT molecular complexity index is 517. The molecule has 1 heterocycles. The van der Waals surface area contributed by atoms with Gasteiger partial charge in [-0.1, -0.05) is 37.6 Å². The van der Waals surface area contributed by atoms with Crippen molar-refractivity contribution in [1.82, 2.24) is 15.5 Å². The molecule has 2 N–H and O–H groups in total. The molecular formula is C16H21N3O. The first kappa shape index (κ1) is 14.3. The van der Waals surface area contributed by atoms with Crippen LogP contribution in [-0.2, 0) is 24.2 Å². The number of unbranched alkanes of at least 4 members (excludes halogenated alkanes) is 1. The number of aryl methyl sites for hydroxylation is 1. The largest absolute Gasteiger partial charge is 0.352 e. The van der Waals surface area contributed by atoms with Gasteiger partial charge in [0.25, 0.3) is 0 Å². The molecule has 1 amide bonds. The van der Waals surface area contributed by atoms with Crippen LogP contribution in [0.4, 0.5) is 0 Å². The number of hydrogen-bond acceptors (Lipinski definition) is 2. The lowest BCUT2D eigenvalue weighted by Crippen LogP contribution is -2.24. The van der Waals surface area contributed by atoms with Crippen LogP contribution in [0.1, 0.15) is 36.5 Å². The highest BCUT2D eigenvalue weighted by Crippen LogP contribution is 2.08. The van der Waals surface area contributed by atoms with Gasteiger partial charge in [0.15, 0.2) is 0 Å². The third-order valence-electron chi connectivity index (χ3n) is 3.25. The SMILES string of the molecule is CCCCc1ccc(CC(=O)NCc2cn[nH]c2)cc1. The van der Waals surface area contributed by atoms with Gasteiger partial charge >= 0.3 is 0 Å². The number of amides is 1. The topological polar surface area (TPSA) is 57.8 Å². The van der Waals surface area contributed by atoms with Crippen molar-refractivity contribution in [2.24, 2.45) is 0 Å². The molecule has 20 heavy (non-hydrogen) atoms. The average Bonchev–Trinajstić information content (AvgIpc) is 2.98. The van der Waals surface area contributed by atoms with E-state index < -0.39 is 0 Å². The molecule has 0 radical (unpaired) electrons. The zero-order valence-corrected chi connectivity index (χ0v) is 11.9. The summed E-state index contributed by atoms with van der Waals surface area (Å²) in [5, 5.41) is 9.45. The number of nitrogens with one attached hydrogen (secondary N) is 2. The highest BCUT2D eigenvalue weighted by molar-refractivity contribution is 5.78. The van der Waals surface area contributed by atoms with E-state index >= 15 is 0 Å². The van der Waals surface area contributed by atoms with E-state index in [1.165, 1.54) is 18.4 Å². The van der Waals surface area contributed by atoms with E-state index in [1.807, 2.05) is 12.1 Å². The lowest BCUT2D eigenvalue weighted by molar-refractivity contribution is -0.120. The van der Waals surface area contributed by atoms with Gasteiger partial charge in [-0.15, -0.1) is 0 Å². The maximum atomic E-state index is 11.8. The number of carbonyl (C=O) groups is 1. The van der Waals surface area contributed by atoms with Crippen molar-refractivity contribution < 1.29 is 4.79 Å². The van der Waals surface area contributed by atoms with E-state index in [1.54, 1.807) is 12.4 Å². The Morgan fingerprint density at radius 3 is 2.60 bits per heavy atom. The summed E-state index contributed by atoms with van der Waals surface area (Å²) in [5.41, 5.74) is 3.37. The minimum Gasteiger partial charge on any atom is -0.352 e. The number of H-pyrrole nitrogens is 1. The highest BCUT2D eigenvalue weighted by atomic mass is 16.1. The molecule has 0 bridgehead atoms. The second kappa shape index (κ2) is 7.48. The quantitative estimate of drug-likeness (QED) is 0.813. The second-order valence-corrected chi connectivity index (χ2v) is 4.98. The predicted molar refractivity (Wildman–Crippen MR) is 79.2 cm³/mol. The van der Waals surface area contributed by atoms with Crippen LogP contribution in [0.25, 0.3) is 0 Å².